The van der Waals surface area contributed by atoms with Crippen molar-refractivity contribution in [2.24, 2.45) is 0 Å². The average Bonchev–Trinajstić information content (AvgIpc) is 2.70. The maximum Gasteiger partial charge on any atom is 0.191 e. The maximum absolute atomic E-state index is 10.7. The standard InChI is InChI=1S/C12H11ClN2OS/c1-8-5-3-4-6-9(8)15(2)12-14-11(13)10(7-16)17-12/h3-7H,1-2H3. The van der Waals surface area contributed by atoms with E-state index in [-0.39, 0.29) is 5.15 Å². The fourth-order valence-electron chi connectivity index (χ4n) is 1.56. The first-order chi connectivity index (χ1) is 8.13. The van der Waals surface area contributed by atoms with Crippen molar-refractivity contribution in [3.8, 4) is 0 Å². The van der Waals surface area contributed by atoms with Gasteiger partial charge in [0.05, 0.1) is 0 Å². The Morgan fingerprint density at radius 3 is 2.71 bits per heavy atom. The molecule has 2 rings (SSSR count). The topological polar surface area (TPSA) is 33.2 Å². The third kappa shape index (κ3) is 2.33. The van der Waals surface area contributed by atoms with E-state index >= 15 is 0 Å². The number of anilines is 2. The quantitative estimate of drug-likeness (QED) is 0.795. The third-order valence-corrected chi connectivity index (χ3v) is 3.93. The van der Waals surface area contributed by atoms with E-state index in [1.54, 1.807) is 0 Å². The second-order valence-corrected chi connectivity index (χ2v) is 4.98. The summed E-state index contributed by atoms with van der Waals surface area (Å²) in [7, 11) is 1.91. The zero-order chi connectivity index (χ0) is 12.4. The number of aryl methyl sites for hydroxylation is 1. The second kappa shape index (κ2) is 4.85. The number of nitrogens with zero attached hydrogens (tertiary/aromatic N) is 2. The van der Waals surface area contributed by atoms with Crippen molar-refractivity contribution in [3.05, 3.63) is 39.9 Å². The molecule has 0 N–H and O–H groups in total. The van der Waals surface area contributed by atoms with Gasteiger partial charge in [-0.05, 0) is 18.6 Å². The van der Waals surface area contributed by atoms with Crippen LogP contribution in [0, 0.1) is 6.92 Å². The number of thiazole rings is 1. The lowest BCUT2D eigenvalue weighted by Gasteiger charge is -2.17. The van der Waals surface area contributed by atoms with Gasteiger partial charge >= 0.3 is 0 Å². The largest absolute Gasteiger partial charge is 0.321 e. The smallest absolute Gasteiger partial charge is 0.191 e. The summed E-state index contributed by atoms with van der Waals surface area (Å²) in [6.45, 7) is 2.03. The molecule has 1 aromatic carbocycles. The molecule has 88 valence electrons. The number of aldehydes is 1. The summed E-state index contributed by atoms with van der Waals surface area (Å²) < 4.78 is 0. The van der Waals surface area contributed by atoms with Gasteiger partial charge in [-0.15, -0.1) is 0 Å². The van der Waals surface area contributed by atoms with Crippen LogP contribution in [0.4, 0.5) is 10.8 Å². The molecule has 0 spiro atoms. The van der Waals surface area contributed by atoms with Gasteiger partial charge in [-0.2, -0.15) is 0 Å². The number of benzene rings is 1. The van der Waals surface area contributed by atoms with Crippen molar-refractivity contribution in [1.29, 1.82) is 0 Å². The average molecular weight is 267 g/mol. The van der Waals surface area contributed by atoms with Crippen LogP contribution in [0.1, 0.15) is 15.2 Å². The first kappa shape index (κ1) is 12.1. The summed E-state index contributed by atoms with van der Waals surface area (Å²) >= 11 is 7.14. The monoisotopic (exact) mass is 266 g/mol. The van der Waals surface area contributed by atoms with Gasteiger partial charge in [0.2, 0.25) is 0 Å². The highest BCUT2D eigenvalue weighted by atomic mass is 35.5. The van der Waals surface area contributed by atoms with Crippen LogP contribution in [0.3, 0.4) is 0 Å². The minimum absolute atomic E-state index is 0.264. The number of halogens is 1. The Kier molecular flexibility index (Phi) is 3.45. The molecule has 0 bridgehead atoms. The Bertz CT molecular complexity index is 553. The molecular formula is C12H11ClN2OS. The molecule has 0 aliphatic heterocycles. The van der Waals surface area contributed by atoms with Gasteiger partial charge in [0.25, 0.3) is 0 Å². The molecule has 0 atom stereocenters. The maximum atomic E-state index is 10.7. The van der Waals surface area contributed by atoms with E-state index in [0.29, 0.717) is 10.0 Å². The Labute approximate surface area is 109 Å². The van der Waals surface area contributed by atoms with Crippen LogP contribution in [0.5, 0.6) is 0 Å². The van der Waals surface area contributed by atoms with Crippen molar-refractivity contribution in [3.63, 3.8) is 0 Å². The predicted octanol–water partition coefficient (Wildman–Crippen LogP) is 3.69. The Balaban J connectivity index is 2.40. The van der Waals surface area contributed by atoms with Gasteiger partial charge in [-0.25, -0.2) is 4.98 Å². The summed E-state index contributed by atoms with van der Waals surface area (Å²) in [5, 5.41) is 0.979. The van der Waals surface area contributed by atoms with Crippen molar-refractivity contribution in [2.45, 2.75) is 6.92 Å². The summed E-state index contributed by atoms with van der Waals surface area (Å²) in [6.07, 6.45) is 0.731. The number of hydrogen-bond donors (Lipinski definition) is 0. The fraction of sp³-hybridized carbons (Fsp3) is 0.167. The van der Waals surface area contributed by atoms with Crippen LogP contribution >= 0.6 is 22.9 Å². The number of carbonyl (C=O) groups is 1. The van der Waals surface area contributed by atoms with Crippen LogP contribution in [0.25, 0.3) is 0 Å². The van der Waals surface area contributed by atoms with E-state index in [2.05, 4.69) is 4.98 Å². The second-order valence-electron chi connectivity index (χ2n) is 3.61. The Hall–Kier alpha value is -1.39. The van der Waals surface area contributed by atoms with E-state index in [4.69, 9.17) is 11.6 Å². The van der Waals surface area contributed by atoms with Crippen LogP contribution in [-0.2, 0) is 0 Å². The van der Waals surface area contributed by atoms with Crippen molar-refractivity contribution >= 4 is 40.0 Å². The van der Waals surface area contributed by atoms with Gasteiger partial charge in [0, 0.05) is 12.7 Å². The van der Waals surface area contributed by atoms with E-state index in [1.807, 2.05) is 43.1 Å². The minimum atomic E-state index is 0.264. The molecule has 17 heavy (non-hydrogen) atoms. The summed E-state index contributed by atoms with van der Waals surface area (Å²) in [5.74, 6) is 0. The van der Waals surface area contributed by atoms with E-state index in [9.17, 15) is 4.79 Å². The van der Waals surface area contributed by atoms with Crippen LogP contribution in [0.2, 0.25) is 5.15 Å². The van der Waals surface area contributed by atoms with Gasteiger partial charge in [0.15, 0.2) is 16.6 Å². The number of para-hydroxylation sites is 1. The first-order valence-electron chi connectivity index (χ1n) is 5.04. The SMILES string of the molecule is Cc1ccccc1N(C)c1nc(Cl)c(C=O)s1. The number of carbonyl (C=O) groups excluding carboxylic acids is 1. The molecule has 0 saturated heterocycles. The molecule has 0 radical (unpaired) electrons. The highest BCUT2D eigenvalue weighted by molar-refractivity contribution is 7.17. The number of aromatic nitrogens is 1. The lowest BCUT2D eigenvalue weighted by Crippen LogP contribution is -2.10. The van der Waals surface area contributed by atoms with Crippen molar-refractivity contribution in [2.75, 3.05) is 11.9 Å². The van der Waals surface area contributed by atoms with Gasteiger partial charge < -0.3 is 4.90 Å². The summed E-state index contributed by atoms with van der Waals surface area (Å²) in [4.78, 5) is 17.3. The normalized spacial score (nSPS) is 10.3. The molecule has 0 aliphatic carbocycles. The van der Waals surface area contributed by atoms with Crippen molar-refractivity contribution < 1.29 is 4.79 Å². The molecule has 1 aromatic heterocycles. The summed E-state index contributed by atoms with van der Waals surface area (Å²) in [5.41, 5.74) is 2.20. The summed E-state index contributed by atoms with van der Waals surface area (Å²) in [6, 6.07) is 7.99. The zero-order valence-electron chi connectivity index (χ0n) is 9.48. The van der Waals surface area contributed by atoms with E-state index in [0.717, 1.165) is 17.5 Å². The zero-order valence-corrected chi connectivity index (χ0v) is 11.0. The molecule has 0 saturated carbocycles. The Morgan fingerprint density at radius 2 is 2.12 bits per heavy atom. The molecule has 1 heterocycles. The molecule has 0 unspecified atom stereocenters. The highest BCUT2D eigenvalue weighted by Crippen LogP contribution is 2.33. The fourth-order valence-corrected chi connectivity index (χ4v) is 2.60. The van der Waals surface area contributed by atoms with Crippen molar-refractivity contribution in [1.82, 2.24) is 4.98 Å². The number of rotatable bonds is 3. The first-order valence-corrected chi connectivity index (χ1v) is 6.24. The lowest BCUT2D eigenvalue weighted by atomic mass is 10.2. The predicted molar refractivity (Wildman–Crippen MR) is 71.8 cm³/mol. The molecule has 0 aliphatic rings. The lowest BCUT2D eigenvalue weighted by molar-refractivity contribution is 0.112. The molecule has 2 aromatic rings. The van der Waals surface area contributed by atoms with Crippen LogP contribution in [-0.4, -0.2) is 18.3 Å². The van der Waals surface area contributed by atoms with Crippen LogP contribution in [0.15, 0.2) is 24.3 Å². The van der Waals surface area contributed by atoms with Gasteiger partial charge in [-0.3, -0.25) is 4.79 Å². The van der Waals surface area contributed by atoms with E-state index in [1.165, 1.54) is 11.3 Å². The van der Waals surface area contributed by atoms with E-state index < -0.39 is 0 Å². The molecule has 0 fully saturated rings. The Morgan fingerprint density at radius 1 is 1.41 bits per heavy atom. The molecule has 5 heteroatoms. The van der Waals surface area contributed by atoms with Gasteiger partial charge in [-0.1, -0.05) is 41.1 Å². The molecule has 0 amide bonds. The molecule has 3 nitrogen and oxygen atoms in total. The number of hydrogen-bond acceptors (Lipinski definition) is 4. The van der Waals surface area contributed by atoms with Crippen LogP contribution < -0.4 is 4.90 Å². The third-order valence-electron chi connectivity index (χ3n) is 2.47. The minimum Gasteiger partial charge on any atom is -0.321 e. The highest BCUT2D eigenvalue weighted by Gasteiger charge is 2.14. The van der Waals surface area contributed by atoms with Gasteiger partial charge in [0.1, 0.15) is 4.88 Å². The molecular weight excluding hydrogens is 256 g/mol.